The monoisotopic (exact) mass is 530 g/mol. The highest BCUT2D eigenvalue weighted by Crippen LogP contribution is 2.34. The maximum Gasteiger partial charge on any atom is 0.322 e. The maximum atomic E-state index is 13.6. The summed E-state index contributed by atoms with van der Waals surface area (Å²) < 4.78 is 13.6. The van der Waals surface area contributed by atoms with Crippen molar-refractivity contribution in [3.8, 4) is 0 Å². The van der Waals surface area contributed by atoms with E-state index in [-0.39, 0.29) is 17.1 Å². The summed E-state index contributed by atoms with van der Waals surface area (Å²) in [7, 11) is 0. The molecule has 1 aliphatic carbocycles. The summed E-state index contributed by atoms with van der Waals surface area (Å²) in [6.45, 7) is 7.29. The van der Waals surface area contributed by atoms with Crippen molar-refractivity contribution in [2.24, 2.45) is 0 Å². The molecule has 0 bridgehead atoms. The standard InChI is InChI=1S/C28H36ClFN4OS/c29-25-19-22(7-11-26(25)30)31-28(35)34(18-17-32-13-1-2-14-32)23-8-5-21(6-9-23)27-12-10-24(36-27)20-33-15-3-4-16-33/h5,7,10-12,19,23H,1-4,6,8-9,13-18,20H2,(H,31,35). The van der Waals surface area contributed by atoms with E-state index in [0.29, 0.717) is 12.2 Å². The minimum Gasteiger partial charge on any atom is -0.320 e. The minimum atomic E-state index is -0.484. The Kier molecular flexibility index (Phi) is 8.62. The van der Waals surface area contributed by atoms with E-state index in [1.54, 1.807) is 6.07 Å². The summed E-state index contributed by atoms with van der Waals surface area (Å²) >= 11 is 7.86. The van der Waals surface area contributed by atoms with Crippen LogP contribution < -0.4 is 5.32 Å². The van der Waals surface area contributed by atoms with E-state index in [1.807, 2.05) is 16.2 Å². The van der Waals surface area contributed by atoms with Crippen LogP contribution in [0.3, 0.4) is 0 Å². The fourth-order valence-electron chi connectivity index (χ4n) is 5.60. The van der Waals surface area contributed by atoms with Crippen LogP contribution in [0.4, 0.5) is 14.9 Å². The van der Waals surface area contributed by atoms with Crippen molar-refractivity contribution >= 4 is 40.2 Å². The zero-order valence-corrected chi connectivity index (χ0v) is 22.4. The van der Waals surface area contributed by atoms with Gasteiger partial charge in [-0.15, -0.1) is 11.3 Å². The number of carbonyl (C=O) groups is 1. The van der Waals surface area contributed by atoms with Gasteiger partial charge < -0.3 is 15.1 Å². The average Bonchev–Trinajstić information content (AvgIpc) is 3.66. The van der Waals surface area contributed by atoms with E-state index in [9.17, 15) is 9.18 Å². The Hall–Kier alpha value is -1.93. The Morgan fingerprint density at radius 2 is 1.83 bits per heavy atom. The number of allylic oxidation sites excluding steroid dienone is 1. The van der Waals surface area contributed by atoms with Crippen molar-refractivity contribution in [2.75, 3.05) is 44.6 Å². The van der Waals surface area contributed by atoms with Gasteiger partial charge in [0, 0.05) is 41.1 Å². The van der Waals surface area contributed by atoms with Crippen LogP contribution in [0.2, 0.25) is 5.02 Å². The summed E-state index contributed by atoms with van der Waals surface area (Å²) in [6.07, 6.45) is 10.2. The molecule has 2 saturated heterocycles. The van der Waals surface area contributed by atoms with Crippen molar-refractivity contribution in [1.29, 1.82) is 0 Å². The molecule has 5 rings (SSSR count). The zero-order chi connectivity index (χ0) is 24.9. The molecule has 3 aliphatic rings. The quantitative estimate of drug-likeness (QED) is 0.412. The van der Waals surface area contributed by atoms with Crippen molar-refractivity contribution in [3.05, 3.63) is 57.0 Å². The fourth-order valence-corrected chi connectivity index (χ4v) is 6.90. The molecule has 1 unspecified atom stereocenters. The number of rotatable bonds is 8. The molecule has 2 fully saturated rings. The SMILES string of the molecule is O=C(Nc1ccc(F)c(Cl)c1)N(CCN1CCCC1)C1CC=C(c2ccc(CN3CCCC3)s2)CC1. The third kappa shape index (κ3) is 6.49. The van der Waals surface area contributed by atoms with E-state index in [2.05, 4.69) is 33.3 Å². The Bertz CT molecular complexity index is 1080. The first-order valence-corrected chi connectivity index (χ1v) is 14.5. The second-order valence-electron chi connectivity index (χ2n) is 10.2. The van der Waals surface area contributed by atoms with E-state index in [1.165, 1.54) is 66.2 Å². The van der Waals surface area contributed by atoms with E-state index < -0.39 is 5.82 Å². The molecule has 2 aliphatic heterocycles. The lowest BCUT2D eigenvalue weighted by Gasteiger charge is -2.35. The molecule has 8 heteroatoms. The molecule has 2 amide bonds. The van der Waals surface area contributed by atoms with E-state index in [4.69, 9.17) is 11.6 Å². The molecule has 1 atom stereocenters. The van der Waals surface area contributed by atoms with Gasteiger partial charge in [0.15, 0.2) is 0 Å². The Morgan fingerprint density at radius 1 is 1.08 bits per heavy atom. The average molecular weight is 531 g/mol. The Labute approximate surface area is 222 Å². The number of anilines is 1. The normalized spacial score (nSPS) is 21.1. The minimum absolute atomic E-state index is 0.0155. The first-order valence-electron chi connectivity index (χ1n) is 13.3. The van der Waals surface area contributed by atoms with Crippen LogP contribution >= 0.6 is 22.9 Å². The molecule has 36 heavy (non-hydrogen) atoms. The highest BCUT2D eigenvalue weighted by Gasteiger charge is 2.27. The van der Waals surface area contributed by atoms with Gasteiger partial charge in [-0.2, -0.15) is 0 Å². The number of urea groups is 1. The number of thiophene rings is 1. The summed E-state index contributed by atoms with van der Waals surface area (Å²) in [5.41, 5.74) is 1.93. The summed E-state index contributed by atoms with van der Waals surface area (Å²) in [6, 6.07) is 8.91. The third-order valence-corrected chi connectivity index (χ3v) is 9.10. The Balaban J connectivity index is 1.24. The number of hydrogen-bond acceptors (Lipinski definition) is 4. The number of nitrogens with zero attached hydrogens (tertiary/aromatic N) is 3. The van der Waals surface area contributed by atoms with Gasteiger partial charge in [-0.3, -0.25) is 4.90 Å². The second kappa shape index (κ2) is 12.1. The zero-order valence-electron chi connectivity index (χ0n) is 20.9. The predicted octanol–water partition coefficient (Wildman–Crippen LogP) is 6.70. The van der Waals surface area contributed by atoms with Crippen LogP contribution in [0.5, 0.6) is 0 Å². The van der Waals surface area contributed by atoms with Gasteiger partial charge >= 0.3 is 6.03 Å². The van der Waals surface area contributed by atoms with Crippen molar-refractivity contribution in [1.82, 2.24) is 14.7 Å². The predicted molar refractivity (Wildman–Crippen MR) is 147 cm³/mol. The van der Waals surface area contributed by atoms with Crippen LogP contribution in [0.25, 0.3) is 5.57 Å². The number of likely N-dealkylation sites (tertiary alicyclic amines) is 2. The van der Waals surface area contributed by atoms with Gasteiger partial charge in [0.1, 0.15) is 5.82 Å². The van der Waals surface area contributed by atoms with Crippen LogP contribution in [0.1, 0.15) is 54.7 Å². The lowest BCUT2D eigenvalue weighted by atomic mass is 9.93. The molecule has 3 heterocycles. The number of nitrogens with one attached hydrogen (secondary N) is 1. The van der Waals surface area contributed by atoms with Crippen molar-refractivity contribution in [3.63, 3.8) is 0 Å². The van der Waals surface area contributed by atoms with E-state index in [0.717, 1.165) is 45.4 Å². The lowest BCUT2D eigenvalue weighted by molar-refractivity contribution is 0.170. The third-order valence-electron chi connectivity index (χ3n) is 7.67. The topological polar surface area (TPSA) is 38.8 Å². The molecule has 0 radical (unpaired) electrons. The highest BCUT2D eigenvalue weighted by atomic mass is 35.5. The summed E-state index contributed by atoms with van der Waals surface area (Å²) in [4.78, 5) is 23.2. The molecular formula is C28H36ClFN4OS. The van der Waals surface area contributed by atoms with Crippen molar-refractivity contribution in [2.45, 2.75) is 57.5 Å². The molecule has 0 spiro atoms. The summed E-state index contributed by atoms with van der Waals surface area (Å²) in [5, 5.41) is 2.97. The summed E-state index contributed by atoms with van der Waals surface area (Å²) in [5.74, 6) is -0.484. The lowest BCUT2D eigenvalue weighted by Crippen LogP contribution is -2.46. The first kappa shape index (κ1) is 25.7. The molecule has 1 aromatic heterocycles. The molecular weight excluding hydrogens is 495 g/mol. The van der Waals surface area contributed by atoms with Crippen LogP contribution in [0.15, 0.2) is 36.4 Å². The maximum absolute atomic E-state index is 13.6. The second-order valence-corrected chi connectivity index (χ2v) is 11.8. The van der Waals surface area contributed by atoms with E-state index >= 15 is 0 Å². The van der Waals surface area contributed by atoms with Gasteiger partial charge in [-0.25, -0.2) is 9.18 Å². The molecule has 0 saturated carbocycles. The van der Waals surface area contributed by atoms with Crippen LogP contribution in [0, 0.1) is 5.82 Å². The number of amides is 2. The van der Waals surface area contributed by atoms with Gasteiger partial charge in [-0.05, 0) is 107 Å². The van der Waals surface area contributed by atoms with Crippen molar-refractivity contribution < 1.29 is 9.18 Å². The van der Waals surface area contributed by atoms with Gasteiger partial charge in [-0.1, -0.05) is 17.7 Å². The fraction of sp³-hybridized carbons (Fsp3) is 0.536. The van der Waals surface area contributed by atoms with Crippen LogP contribution in [-0.2, 0) is 6.54 Å². The number of halogens is 2. The molecule has 194 valence electrons. The van der Waals surface area contributed by atoms with Crippen LogP contribution in [-0.4, -0.2) is 66.0 Å². The molecule has 1 aromatic carbocycles. The smallest absolute Gasteiger partial charge is 0.320 e. The first-order chi connectivity index (χ1) is 17.5. The van der Waals surface area contributed by atoms with Gasteiger partial charge in [0.05, 0.1) is 5.02 Å². The molecule has 5 nitrogen and oxygen atoms in total. The van der Waals surface area contributed by atoms with Gasteiger partial charge in [0.2, 0.25) is 0 Å². The number of hydrogen-bond donors (Lipinski definition) is 1. The molecule has 1 N–H and O–H groups in total. The Morgan fingerprint density at radius 3 is 2.53 bits per heavy atom. The number of benzene rings is 1. The largest absolute Gasteiger partial charge is 0.322 e. The van der Waals surface area contributed by atoms with Gasteiger partial charge in [0.25, 0.3) is 0 Å². The molecule has 2 aromatic rings. The highest BCUT2D eigenvalue weighted by molar-refractivity contribution is 7.13. The number of carbonyl (C=O) groups excluding carboxylic acids is 1.